The van der Waals surface area contributed by atoms with Gasteiger partial charge >= 0.3 is 0 Å². The summed E-state index contributed by atoms with van der Waals surface area (Å²) in [5.41, 5.74) is 9.97. The molecule has 0 aliphatic heterocycles. The van der Waals surface area contributed by atoms with E-state index in [-0.39, 0.29) is 0 Å². The molecular formula is C15H11ClN4. The summed E-state index contributed by atoms with van der Waals surface area (Å²) >= 11 is 6.24. The van der Waals surface area contributed by atoms with Gasteiger partial charge in [-0.2, -0.15) is 5.26 Å². The SMILES string of the molecule is Cc1cccc2c1nc(N)n2-c1cc(C#N)ccc1Cl. The summed E-state index contributed by atoms with van der Waals surface area (Å²) in [6.45, 7) is 1.98. The van der Waals surface area contributed by atoms with Gasteiger partial charge in [0, 0.05) is 0 Å². The van der Waals surface area contributed by atoms with Crippen LogP contribution >= 0.6 is 11.6 Å². The molecule has 0 saturated heterocycles. The maximum atomic E-state index is 9.03. The molecule has 3 aromatic rings. The third-order valence-corrected chi connectivity index (χ3v) is 3.55. The quantitative estimate of drug-likeness (QED) is 0.743. The van der Waals surface area contributed by atoms with Gasteiger partial charge in [-0.3, -0.25) is 4.57 Å². The molecule has 0 atom stereocenters. The Balaban J connectivity index is 2.38. The summed E-state index contributed by atoms with van der Waals surface area (Å²) in [5, 5.41) is 9.55. The molecule has 20 heavy (non-hydrogen) atoms. The number of rotatable bonds is 1. The Morgan fingerprint density at radius 3 is 2.85 bits per heavy atom. The molecule has 2 aromatic carbocycles. The Kier molecular flexibility index (Phi) is 2.85. The fourth-order valence-electron chi connectivity index (χ4n) is 2.26. The van der Waals surface area contributed by atoms with E-state index in [0.29, 0.717) is 22.2 Å². The molecule has 0 bridgehead atoms. The number of aryl methyl sites for hydroxylation is 1. The molecule has 1 heterocycles. The molecule has 4 nitrogen and oxygen atoms in total. The third-order valence-electron chi connectivity index (χ3n) is 3.23. The third kappa shape index (κ3) is 1.80. The van der Waals surface area contributed by atoms with Crippen LogP contribution in [-0.4, -0.2) is 9.55 Å². The van der Waals surface area contributed by atoms with Gasteiger partial charge in [0.05, 0.1) is 33.4 Å². The van der Waals surface area contributed by atoms with Crippen LogP contribution in [0.1, 0.15) is 11.1 Å². The van der Waals surface area contributed by atoms with Crippen molar-refractivity contribution in [3.05, 3.63) is 52.5 Å². The number of benzene rings is 2. The summed E-state index contributed by atoms with van der Waals surface area (Å²) in [4.78, 5) is 4.38. The highest BCUT2D eigenvalue weighted by molar-refractivity contribution is 6.32. The van der Waals surface area contributed by atoms with Crippen LogP contribution in [-0.2, 0) is 0 Å². The standard InChI is InChI=1S/C15H11ClN4/c1-9-3-2-4-12-14(9)19-15(18)20(12)13-7-10(8-17)5-6-11(13)16/h2-7H,1H3,(H2,18,19). The number of nitrogen functional groups attached to an aromatic ring is 1. The number of aromatic nitrogens is 2. The first-order valence-corrected chi connectivity index (χ1v) is 6.43. The molecule has 0 unspecified atom stereocenters. The average Bonchev–Trinajstić information content (AvgIpc) is 2.77. The van der Waals surface area contributed by atoms with E-state index in [0.717, 1.165) is 16.6 Å². The molecular weight excluding hydrogens is 272 g/mol. The monoisotopic (exact) mass is 282 g/mol. The van der Waals surface area contributed by atoms with Crippen molar-refractivity contribution in [3.8, 4) is 11.8 Å². The lowest BCUT2D eigenvalue weighted by Crippen LogP contribution is -2.01. The van der Waals surface area contributed by atoms with Crippen molar-refractivity contribution >= 4 is 28.6 Å². The minimum Gasteiger partial charge on any atom is -0.369 e. The summed E-state index contributed by atoms with van der Waals surface area (Å²) < 4.78 is 1.77. The van der Waals surface area contributed by atoms with E-state index < -0.39 is 0 Å². The van der Waals surface area contributed by atoms with Crippen LogP contribution in [0.2, 0.25) is 5.02 Å². The van der Waals surface area contributed by atoms with E-state index >= 15 is 0 Å². The van der Waals surface area contributed by atoms with Crippen LogP contribution < -0.4 is 5.73 Å². The molecule has 0 aliphatic carbocycles. The molecule has 0 aliphatic rings. The molecule has 0 amide bonds. The number of para-hydroxylation sites is 1. The van der Waals surface area contributed by atoms with Crippen molar-refractivity contribution in [3.63, 3.8) is 0 Å². The molecule has 0 radical (unpaired) electrons. The lowest BCUT2D eigenvalue weighted by molar-refractivity contribution is 1.11. The maximum Gasteiger partial charge on any atom is 0.205 e. The first-order valence-electron chi connectivity index (χ1n) is 6.05. The van der Waals surface area contributed by atoms with Crippen LogP contribution in [0, 0.1) is 18.3 Å². The minimum atomic E-state index is 0.353. The largest absolute Gasteiger partial charge is 0.369 e. The van der Waals surface area contributed by atoms with Crippen molar-refractivity contribution in [2.24, 2.45) is 0 Å². The number of anilines is 1. The molecule has 0 spiro atoms. The number of fused-ring (bicyclic) bond motifs is 1. The predicted octanol–water partition coefficient (Wildman–Crippen LogP) is 3.44. The lowest BCUT2D eigenvalue weighted by atomic mass is 10.2. The van der Waals surface area contributed by atoms with Crippen LogP contribution in [0.3, 0.4) is 0 Å². The zero-order chi connectivity index (χ0) is 14.3. The highest BCUT2D eigenvalue weighted by atomic mass is 35.5. The predicted molar refractivity (Wildman–Crippen MR) is 79.9 cm³/mol. The number of nitriles is 1. The van der Waals surface area contributed by atoms with Gasteiger partial charge in [-0.1, -0.05) is 23.7 Å². The minimum absolute atomic E-state index is 0.353. The number of nitrogens with two attached hydrogens (primary N) is 1. The Morgan fingerprint density at radius 1 is 1.30 bits per heavy atom. The van der Waals surface area contributed by atoms with Crippen LogP contribution in [0.25, 0.3) is 16.7 Å². The number of hydrogen-bond donors (Lipinski definition) is 1. The Bertz CT molecular complexity index is 858. The fourth-order valence-corrected chi connectivity index (χ4v) is 2.47. The highest BCUT2D eigenvalue weighted by Gasteiger charge is 2.14. The molecule has 5 heteroatoms. The maximum absolute atomic E-state index is 9.03. The normalized spacial score (nSPS) is 10.7. The van der Waals surface area contributed by atoms with Crippen molar-refractivity contribution in [2.75, 3.05) is 5.73 Å². The summed E-state index contributed by atoms with van der Waals surface area (Å²) in [5.74, 6) is 0.353. The van der Waals surface area contributed by atoms with Gasteiger partial charge in [-0.15, -0.1) is 0 Å². The molecule has 3 rings (SSSR count). The van der Waals surface area contributed by atoms with Gasteiger partial charge in [0.1, 0.15) is 0 Å². The second-order valence-electron chi connectivity index (χ2n) is 4.53. The zero-order valence-corrected chi connectivity index (χ0v) is 11.5. The molecule has 0 fully saturated rings. The second kappa shape index (κ2) is 4.55. The summed E-state index contributed by atoms with van der Waals surface area (Å²) in [6.07, 6.45) is 0. The van der Waals surface area contributed by atoms with Gasteiger partial charge in [-0.05, 0) is 36.8 Å². The second-order valence-corrected chi connectivity index (χ2v) is 4.93. The van der Waals surface area contributed by atoms with Gasteiger partial charge in [0.15, 0.2) is 0 Å². The first kappa shape index (κ1) is 12.5. The number of hydrogen-bond acceptors (Lipinski definition) is 3. The van der Waals surface area contributed by atoms with Crippen molar-refractivity contribution < 1.29 is 0 Å². The van der Waals surface area contributed by atoms with E-state index in [1.165, 1.54) is 0 Å². The van der Waals surface area contributed by atoms with Crippen LogP contribution in [0.15, 0.2) is 36.4 Å². The first-order chi connectivity index (χ1) is 9.61. The summed E-state index contributed by atoms with van der Waals surface area (Å²) in [7, 11) is 0. The van der Waals surface area contributed by atoms with Gasteiger partial charge in [0.25, 0.3) is 0 Å². The topological polar surface area (TPSA) is 67.6 Å². The van der Waals surface area contributed by atoms with Crippen molar-refractivity contribution in [2.45, 2.75) is 6.92 Å². The smallest absolute Gasteiger partial charge is 0.205 e. The van der Waals surface area contributed by atoms with Gasteiger partial charge < -0.3 is 5.73 Å². The van der Waals surface area contributed by atoms with Crippen LogP contribution in [0.4, 0.5) is 5.95 Å². The molecule has 98 valence electrons. The van der Waals surface area contributed by atoms with Gasteiger partial charge in [-0.25, -0.2) is 4.98 Å². The molecule has 0 saturated carbocycles. The Morgan fingerprint density at radius 2 is 2.10 bits per heavy atom. The van der Waals surface area contributed by atoms with Gasteiger partial charge in [0.2, 0.25) is 5.95 Å². The number of halogens is 1. The van der Waals surface area contributed by atoms with E-state index in [2.05, 4.69) is 11.1 Å². The Hall–Kier alpha value is -2.51. The summed E-state index contributed by atoms with van der Waals surface area (Å²) in [6, 6.07) is 13.0. The zero-order valence-electron chi connectivity index (χ0n) is 10.8. The highest BCUT2D eigenvalue weighted by Crippen LogP contribution is 2.29. The van der Waals surface area contributed by atoms with Crippen molar-refractivity contribution in [1.29, 1.82) is 5.26 Å². The van der Waals surface area contributed by atoms with E-state index in [9.17, 15) is 0 Å². The van der Waals surface area contributed by atoms with Crippen LogP contribution in [0.5, 0.6) is 0 Å². The van der Waals surface area contributed by atoms with Crippen molar-refractivity contribution in [1.82, 2.24) is 9.55 Å². The molecule has 2 N–H and O–H groups in total. The number of imidazole rings is 1. The van der Waals surface area contributed by atoms with E-state index in [4.69, 9.17) is 22.6 Å². The fraction of sp³-hybridized carbons (Fsp3) is 0.0667. The number of nitrogens with zero attached hydrogens (tertiary/aromatic N) is 3. The molecule has 1 aromatic heterocycles. The van der Waals surface area contributed by atoms with E-state index in [1.54, 1.807) is 22.8 Å². The Labute approximate surface area is 121 Å². The lowest BCUT2D eigenvalue weighted by Gasteiger charge is -2.09. The average molecular weight is 283 g/mol. The van der Waals surface area contributed by atoms with E-state index in [1.807, 2.05) is 25.1 Å².